The molecule has 0 spiro atoms. The number of aliphatic hydroxyl groups is 9. The van der Waals surface area contributed by atoms with Gasteiger partial charge in [-0.1, -0.05) is 20.8 Å². The van der Waals surface area contributed by atoms with E-state index >= 15 is 0 Å². The van der Waals surface area contributed by atoms with Gasteiger partial charge < -0.3 is 174 Å². The molecule has 0 aliphatic carbocycles. The van der Waals surface area contributed by atoms with Crippen molar-refractivity contribution in [1.29, 1.82) is 0 Å². The molecule has 109 heavy (non-hydrogen) atoms. The Morgan fingerprint density at radius 2 is 0.661 bits per heavy atom. The summed E-state index contributed by atoms with van der Waals surface area (Å²) < 4.78 is 100. The lowest BCUT2D eigenvalue weighted by Gasteiger charge is -2.42. The van der Waals surface area contributed by atoms with Crippen molar-refractivity contribution in [3.63, 3.8) is 0 Å². The van der Waals surface area contributed by atoms with Crippen LogP contribution in [0.15, 0.2) is 0 Å². The maximum atomic E-state index is 13.8. The highest BCUT2D eigenvalue weighted by atomic mass is 31.2. The molecule has 44 heteroatoms. The van der Waals surface area contributed by atoms with Crippen LogP contribution in [0.5, 0.6) is 0 Å². The Labute approximate surface area is 632 Å². The predicted molar refractivity (Wildman–Crippen MR) is 371 cm³/mol. The number of nitrogens with one attached hydrogen (secondary N) is 8. The molecule has 3 saturated heterocycles. The molecule has 0 saturated carbocycles. The molecule has 0 aromatic carbocycles. The van der Waals surface area contributed by atoms with Crippen LogP contribution in [0.1, 0.15) is 73.6 Å². The molecule has 0 aromatic heterocycles. The molecule has 3 rings (SSSR count). The van der Waals surface area contributed by atoms with Gasteiger partial charge in [-0.15, -0.1) is 0 Å². The van der Waals surface area contributed by atoms with Crippen LogP contribution in [-0.4, -0.2) is 387 Å². The van der Waals surface area contributed by atoms with Crippen LogP contribution >= 0.6 is 7.60 Å². The Balaban J connectivity index is 1.57. The lowest BCUT2D eigenvalue weighted by molar-refractivity contribution is -0.272. The summed E-state index contributed by atoms with van der Waals surface area (Å²) in [4.78, 5) is 115. The molecule has 3 aliphatic heterocycles. The number of hydrogen-bond acceptors (Lipinski definition) is 35. The molecule has 17 N–H and O–H groups in total. The zero-order valence-corrected chi connectivity index (χ0v) is 63.6. The van der Waals surface area contributed by atoms with Crippen molar-refractivity contribution in [3.05, 3.63) is 0 Å². The molecule has 18 atom stereocenters. The summed E-state index contributed by atoms with van der Waals surface area (Å²) in [5.74, 6) is -5.15. The van der Waals surface area contributed by atoms with Gasteiger partial charge in [-0.05, 0) is 12.8 Å². The SMILES string of the molecule is CC(=O)NC1C(OCCOCCNC(=O)CCC(NC(=O)CCC(NC(=O)CCOCCOCCOCCOCCOCCOCCOP(=O)([O-])C(C)(C)C)C(=O)NCCOCCOC2OC(CO)C(O)C(O)C2NC(C)=O)C(=O)NCCOCCOC2OC(CO)C(O)C(O)C2NC(C)=O)OC(CO)C(O)C1O. The summed E-state index contributed by atoms with van der Waals surface area (Å²) in [7, 11) is -4.00. The fourth-order valence-electron chi connectivity index (χ4n) is 10.3. The first kappa shape index (κ1) is 98.1. The van der Waals surface area contributed by atoms with Crippen molar-refractivity contribution in [2.24, 2.45) is 0 Å². The van der Waals surface area contributed by atoms with E-state index in [1.807, 2.05) is 0 Å². The Morgan fingerprint density at radius 1 is 0.385 bits per heavy atom. The second kappa shape index (κ2) is 55.4. The zero-order valence-electron chi connectivity index (χ0n) is 62.7. The normalized spacial score (nSPS) is 25.4. The highest BCUT2D eigenvalue weighted by Gasteiger charge is 2.48. The van der Waals surface area contributed by atoms with E-state index in [4.69, 9.17) is 75.6 Å². The second-order valence-electron chi connectivity index (χ2n) is 25.9. The van der Waals surface area contributed by atoms with Crippen LogP contribution in [0.3, 0.4) is 0 Å². The van der Waals surface area contributed by atoms with Gasteiger partial charge in [-0.2, -0.15) is 0 Å². The summed E-state index contributed by atoms with van der Waals surface area (Å²) in [6.45, 7) is 7.13. The van der Waals surface area contributed by atoms with Gasteiger partial charge in [0.25, 0.3) is 0 Å². The number of amides is 8. The minimum absolute atomic E-state index is 0.0378. The summed E-state index contributed by atoms with van der Waals surface area (Å²) >= 11 is 0. The quantitative estimate of drug-likeness (QED) is 0.0199. The molecule has 18 unspecified atom stereocenters. The maximum Gasteiger partial charge on any atom is 0.242 e. The highest BCUT2D eigenvalue weighted by molar-refractivity contribution is 7.53. The van der Waals surface area contributed by atoms with E-state index in [0.717, 1.165) is 0 Å². The third-order valence-corrected chi connectivity index (χ3v) is 18.4. The van der Waals surface area contributed by atoms with Gasteiger partial charge in [0.15, 0.2) is 18.9 Å². The zero-order chi connectivity index (χ0) is 80.7. The number of aliphatic hydroxyl groups excluding tert-OH is 9. The van der Waals surface area contributed by atoms with Gasteiger partial charge in [0.2, 0.25) is 47.3 Å². The van der Waals surface area contributed by atoms with Crippen LogP contribution in [0.25, 0.3) is 0 Å². The van der Waals surface area contributed by atoms with Crippen molar-refractivity contribution < 1.29 is 169 Å². The molecular formula is C65H118N8O35P-. The third kappa shape index (κ3) is 39.5. The highest BCUT2D eigenvalue weighted by Crippen LogP contribution is 2.50. The molecule has 634 valence electrons. The second-order valence-corrected chi connectivity index (χ2v) is 28.5. The Bertz CT molecular complexity index is 2650. The Morgan fingerprint density at radius 3 is 0.972 bits per heavy atom. The number of carbonyl (C=O) groups excluding carboxylic acids is 8. The van der Waals surface area contributed by atoms with Crippen LogP contribution in [0.2, 0.25) is 0 Å². The standard InChI is InChI=1S/C65H119N8O35P/c1-40(77)69-51-57(86)54(83)45(37-74)106-62(51)102-33-29-94-16-12-66-48(80)9-7-43(60(89)67-13-17-95-30-34-103-63-52(70-41(2)78)58(87)55(84)46(38-75)107-63)72-49(81)10-8-44(61(90)68-14-18-96-31-35-104-64-53(71-42(3)79)59(88)56(85)47(39-76)108-64)73-50(82)11-15-93-19-20-97-21-22-98-23-24-99-25-26-100-27-28-101-32-36-105-109(91,92)65(4,5)6/h43-47,51-59,62-64,74-76,83-88H,7-39H2,1-6H3,(H,66,80)(H,67,89)(H,68,90)(H,69,77)(H,70,78)(H,71,79)(H,72,81)(H,73,82)(H,91,92)/p-1. The van der Waals surface area contributed by atoms with Crippen LogP contribution in [0, 0.1) is 0 Å². The summed E-state index contributed by atoms with van der Waals surface area (Å²) in [5, 5.41) is 111. The van der Waals surface area contributed by atoms with Gasteiger partial charge in [0.05, 0.1) is 165 Å². The molecular weight excluding hydrogens is 1480 g/mol. The van der Waals surface area contributed by atoms with Crippen LogP contribution in [0.4, 0.5) is 0 Å². The minimum atomic E-state index is -4.00. The molecule has 0 aromatic rings. The molecule has 3 fully saturated rings. The predicted octanol–water partition coefficient (Wildman–Crippen LogP) is -9.35. The molecule has 0 radical (unpaired) electrons. The molecule has 3 aliphatic rings. The topological polar surface area (TPSA) is 603 Å². The fourth-order valence-corrected chi connectivity index (χ4v) is 11.0. The minimum Gasteiger partial charge on any atom is -0.778 e. The van der Waals surface area contributed by atoms with E-state index in [0.29, 0.717) is 19.8 Å². The monoisotopic (exact) mass is 1600 g/mol. The largest absolute Gasteiger partial charge is 0.778 e. The summed E-state index contributed by atoms with van der Waals surface area (Å²) in [5.41, 5.74) is 0. The lowest BCUT2D eigenvalue weighted by Crippen LogP contribution is -2.64. The molecule has 3 heterocycles. The Hall–Kier alpha value is -5.05. The smallest absolute Gasteiger partial charge is 0.242 e. The fraction of sp³-hybridized carbons (Fsp3) is 0.877. The van der Waals surface area contributed by atoms with E-state index in [1.54, 1.807) is 20.8 Å². The number of rotatable bonds is 59. The summed E-state index contributed by atoms with van der Waals surface area (Å²) in [6.07, 6.45) is -18.4. The van der Waals surface area contributed by atoms with Crippen LogP contribution in [-0.2, 0) is 118 Å². The van der Waals surface area contributed by atoms with Crippen molar-refractivity contribution in [2.75, 3.05) is 185 Å². The summed E-state index contributed by atoms with van der Waals surface area (Å²) in [6, 6.07) is -6.31. The van der Waals surface area contributed by atoms with Gasteiger partial charge in [0.1, 0.15) is 92.7 Å². The van der Waals surface area contributed by atoms with E-state index in [1.165, 1.54) is 20.8 Å². The van der Waals surface area contributed by atoms with Gasteiger partial charge >= 0.3 is 0 Å². The Kier molecular flexibility index (Phi) is 49.9. The van der Waals surface area contributed by atoms with Gasteiger partial charge in [-0.3, -0.25) is 38.4 Å². The van der Waals surface area contributed by atoms with E-state index in [2.05, 4.69) is 42.5 Å². The first-order valence-corrected chi connectivity index (χ1v) is 37.6. The van der Waals surface area contributed by atoms with Crippen molar-refractivity contribution in [1.82, 2.24) is 42.5 Å². The molecule has 43 nitrogen and oxygen atoms in total. The van der Waals surface area contributed by atoms with Crippen molar-refractivity contribution in [3.8, 4) is 0 Å². The molecule has 8 amide bonds. The van der Waals surface area contributed by atoms with Crippen LogP contribution < -0.4 is 47.4 Å². The van der Waals surface area contributed by atoms with Crippen molar-refractivity contribution in [2.45, 2.75) is 183 Å². The van der Waals surface area contributed by atoms with Gasteiger partial charge in [0, 0.05) is 64.8 Å². The van der Waals surface area contributed by atoms with Gasteiger partial charge in [-0.25, -0.2) is 0 Å². The van der Waals surface area contributed by atoms with E-state index < -0.39 is 190 Å². The average molecular weight is 1600 g/mol. The maximum absolute atomic E-state index is 13.8. The number of ether oxygens (including phenoxy) is 15. The van der Waals surface area contributed by atoms with Crippen molar-refractivity contribution >= 4 is 54.9 Å². The number of hydrogen-bond donors (Lipinski definition) is 17. The lowest BCUT2D eigenvalue weighted by atomic mass is 9.97. The average Bonchev–Trinajstić information content (AvgIpc) is 0.815. The third-order valence-electron chi connectivity index (χ3n) is 16.2. The number of carbonyl (C=O) groups is 8. The first-order chi connectivity index (χ1) is 52.0. The van der Waals surface area contributed by atoms with E-state index in [9.17, 15) is 93.8 Å². The van der Waals surface area contributed by atoms with E-state index in [-0.39, 0.29) is 171 Å². The molecule has 0 bridgehead atoms. The first-order valence-electron chi connectivity index (χ1n) is 36.1.